The number of carbonyl (C=O) groups excluding carboxylic acids is 1. The van der Waals surface area contributed by atoms with E-state index in [1.54, 1.807) is 12.4 Å². The van der Waals surface area contributed by atoms with Crippen LogP contribution in [0.3, 0.4) is 0 Å². The fourth-order valence-corrected chi connectivity index (χ4v) is 1.93. The van der Waals surface area contributed by atoms with Gasteiger partial charge in [-0.3, -0.25) is 4.98 Å². The molecule has 2 rings (SSSR count). The van der Waals surface area contributed by atoms with Crippen molar-refractivity contribution in [3.63, 3.8) is 0 Å². The first-order valence-electron chi connectivity index (χ1n) is 4.18. The zero-order valence-corrected chi connectivity index (χ0v) is 8.20. The van der Waals surface area contributed by atoms with Crippen molar-refractivity contribution in [3.8, 4) is 10.6 Å². The van der Waals surface area contributed by atoms with Gasteiger partial charge in [0.15, 0.2) is 0 Å². The van der Waals surface area contributed by atoms with Gasteiger partial charge in [-0.15, -0.1) is 11.3 Å². The summed E-state index contributed by atoms with van der Waals surface area (Å²) in [5.41, 5.74) is 1.82. The summed E-state index contributed by atoms with van der Waals surface area (Å²) in [6.07, 6.45) is 4.74. The molecule has 2 aromatic rings. The van der Waals surface area contributed by atoms with Gasteiger partial charge in [0.05, 0.1) is 5.69 Å². The topological polar surface area (TPSA) is 42.9 Å². The molecule has 0 amide bonds. The Morgan fingerprint density at radius 3 is 3.14 bits per heavy atom. The molecule has 2 aromatic heterocycles. The number of hydrogen-bond acceptors (Lipinski definition) is 4. The fraction of sp³-hybridized carbons (Fsp3) is 0.100. The van der Waals surface area contributed by atoms with E-state index in [9.17, 15) is 4.79 Å². The minimum absolute atomic E-state index is 0.386. The first-order valence-corrected chi connectivity index (χ1v) is 5.06. The quantitative estimate of drug-likeness (QED) is 0.718. The molecule has 0 N–H and O–H groups in total. The van der Waals surface area contributed by atoms with Crippen LogP contribution in [-0.4, -0.2) is 16.3 Å². The Labute approximate surface area is 85.5 Å². The van der Waals surface area contributed by atoms with Crippen LogP contribution in [0.15, 0.2) is 29.9 Å². The lowest BCUT2D eigenvalue weighted by Gasteiger charge is -1.92. The van der Waals surface area contributed by atoms with Crippen molar-refractivity contribution < 1.29 is 4.79 Å². The van der Waals surface area contributed by atoms with E-state index in [1.807, 2.05) is 17.5 Å². The van der Waals surface area contributed by atoms with Gasteiger partial charge in [0.1, 0.15) is 11.3 Å². The van der Waals surface area contributed by atoms with Crippen molar-refractivity contribution in [1.82, 2.24) is 9.97 Å². The number of aldehydes is 1. The molecule has 0 unspecified atom stereocenters. The van der Waals surface area contributed by atoms with Crippen LogP contribution in [0.1, 0.15) is 5.69 Å². The average molecular weight is 204 g/mol. The first-order chi connectivity index (χ1) is 6.90. The summed E-state index contributed by atoms with van der Waals surface area (Å²) < 4.78 is 0. The van der Waals surface area contributed by atoms with Crippen LogP contribution in [0.5, 0.6) is 0 Å². The molecule has 0 spiro atoms. The third-order valence-corrected chi connectivity index (χ3v) is 2.69. The average Bonchev–Trinajstić information content (AvgIpc) is 2.68. The van der Waals surface area contributed by atoms with E-state index in [2.05, 4.69) is 9.97 Å². The Morgan fingerprint density at radius 2 is 2.43 bits per heavy atom. The molecule has 0 aliphatic rings. The van der Waals surface area contributed by atoms with E-state index < -0.39 is 0 Å². The summed E-state index contributed by atoms with van der Waals surface area (Å²) >= 11 is 1.53. The molecule has 0 bridgehead atoms. The van der Waals surface area contributed by atoms with E-state index in [0.717, 1.165) is 22.6 Å². The third kappa shape index (κ3) is 1.85. The van der Waals surface area contributed by atoms with Gasteiger partial charge in [-0.2, -0.15) is 0 Å². The Balaban J connectivity index is 2.29. The second-order valence-corrected chi connectivity index (χ2v) is 3.61. The second-order valence-electron chi connectivity index (χ2n) is 2.76. The SMILES string of the molecule is O=CCc1csc(-c2cccnc2)n1. The van der Waals surface area contributed by atoms with Crippen LogP contribution in [0.4, 0.5) is 0 Å². The highest BCUT2D eigenvalue weighted by Gasteiger charge is 2.03. The first kappa shape index (κ1) is 9.02. The summed E-state index contributed by atoms with van der Waals surface area (Å²) in [6, 6.07) is 3.83. The maximum atomic E-state index is 10.3. The van der Waals surface area contributed by atoms with Crippen molar-refractivity contribution in [1.29, 1.82) is 0 Å². The smallest absolute Gasteiger partial charge is 0.125 e. The molecule has 70 valence electrons. The van der Waals surface area contributed by atoms with Crippen LogP contribution in [0, 0.1) is 0 Å². The minimum atomic E-state index is 0.386. The van der Waals surface area contributed by atoms with Gasteiger partial charge in [0.2, 0.25) is 0 Å². The number of rotatable bonds is 3. The predicted molar refractivity (Wildman–Crippen MR) is 55.1 cm³/mol. The van der Waals surface area contributed by atoms with Crippen LogP contribution in [-0.2, 0) is 11.2 Å². The summed E-state index contributed by atoms with van der Waals surface area (Å²) in [5, 5.41) is 2.81. The number of carbonyl (C=O) groups is 1. The molecule has 0 aliphatic carbocycles. The maximum absolute atomic E-state index is 10.3. The lowest BCUT2D eigenvalue weighted by molar-refractivity contribution is -0.107. The standard InChI is InChI=1S/C10H8N2OS/c13-5-3-9-7-14-10(12-9)8-2-1-4-11-6-8/h1-2,4-7H,3H2. The van der Waals surface area contributed by atoms with Crippen molar-refractivity contribution in [2.45, 2.75) is 6.42 Å². The third-order valence-electron chi connectivity index (χ3n) is 1.75. The van der Waals surface area contributed by atoms with E-state index in [4.69, 9.17) is 0 Å². The molecule has 0 fully saturated rings. The Morgan fingerprint density at radius 1 is 1.50 bits per heavy atom. The van der Waals surface area contributed by atoms with Crippen molar-refractivity contribution in [2.75, 3.05) is 0 Å². The highest BCUT2D eigenvalue weighted by molar-refractivity contribution is 7.13. The Bertz CT molecular complexity index is 425. The molecule has 0 saturated carbocycles. The maximum Gasteiger partial charge on any atom is 0.125 e. The van der Waals surface area contributed by atoms with Crippen LogP contribution < -0.4 is 0 Å². The van der Waals surface area contributed by atoms with E-state index in [1.165, 1.54) is 11.3 Å². The number of hydrogen-bond donors (Lipinski definition) is 0. The molecular formula is C10H8N2OS. The molecule has 0 radical (unpaired) electrons. The molecule has 0 aliphatic heterocycles. The Kier molecular flexibility index (Phi) is 2.65. The lowest BCUT2D eigenvalue weighted by atomic mass is 10.3. The zero-order valence-electron chi connectivity index (χ0n) is 7.38. The summed E-state index contributed by atoms with van der Waals surface area (Å²) in [6.45, 7) is 0. The van der Waals surface area contributed by atoms with Crippen molar-refractivity contribution in [2.24, 2.45) is 0 Å². The molecule has 14 heavy (non-hydrogen) atoms. The number of thiazole rings is 1. The van der Waals surface area contributed by atoms with Crippen molar-refractivity contribution >= 4 is 17.6 Å². The molecule has 0 saturated heterocycles. The van der Waals surface area contributed by atoms with Gasteiger partial charge in [-0.1, -0.05) is 0 Å². The van der Waals surface area contributed by atoms with Gasteiger partial charge in [0.25, 0.3) is 0 Å². The molecule has 0 aromatic carbocycles. The minimum Gasteiger partial charge on any atom is -0.303 e. The zero-order chi connectivity index (χ0) is 9.80. The van der Waals surface area contributed by atoms with Crippen LogP contribution >= 0.6 is 11.3 Å². The van der Waals surface area contributed by atoms with Gasteiger partial charge in [-0.05, 0) is 12.1 Å². The normalized spacial score (nSPS) is 10.0. The van der Waals surface area contributed by atoms with E-state index >= 15 is 0 Å². The molecule has 3 nitrogen and oxygen atoms in total. The second kappa shape index (κ2) is 4.11. The van der Waals surface area contributed by atoms with Gasteiger partial charge in [-0.25, -0.2) is 4.98 Å². The largest absolute Gasteiger partial charge is 0.303 e. The predicted octanol–water partition coefficient (Wildman–Crippen LogP) is 1.95. The monoisotopic (exact) mass is 204 g/mol. The summed E-state index contributed by atoms with van der Waals surface area (Å²) in [5.74, 6) is 0. The van der Waals surface area contributed by atoms with Crippen molar-refractivity contribution in [3.05, 3.63) is 35.6 Å². The van der Waals surface area contributed by atoms with Gasteiger partial charge >= 0.3 is 0 Å². The molecule has 0 atom stereocenters. The fourth-order valence-electron chi connectivity index (χ4n) is 1.11. The van der Waals surface area contributed by atoms with Gasteiger partial charge < -0.3 is 4.79 Å². The Hall–Kier alpha value is -1.55. The number of nitrogens with zero attached hydrogens (tertiary/aromatic N) is 2. The number of aromatic nitrogens is 2. The molecular weight excluding hydrogens is 196 g/mol. The highest BCUT2D eigenvalue weighted by atomic mass is 32.1. The highest BCUT2D eigenvalue weighted by Crippen LogP contribution is 2.22. The van der Waals surface area contributed by atoms with E-state index in [-0.39, 0.29) is 0 Å². The van der Waals surface area contributed by atoms with Crippen LogP contribution in [0.25, 0.3) is 10.6 Å². The van der Waals surface area contributed by atoms with E-state index in [0.29, 0.717) is 6.42 Å². The summed E-state index contributed by atoms with van der Waals surface area (Å²) in [7, 11) is 0. The van der Waals surface area contributed by atoms with Gasteiger partial charge in [0, 0.05) is 29.8 Å². The lowest BCUT2D eigenvalue weighted by Crippen LogP contribution is -1.85. The summed E-state index contributed by atoms with van der Waals surface area (Å²) in [4.78, 5) is 18.6. The molecule has 2 heterocycles. The molecule has 4 heteroatoms. The van der Waals surface area contributed by atoms with Crippen LogP contribution in [0.2, 0.25) is 0 Å². The number of pyridine rings is 1.